The summed E-state index contributed by atoms with van der Waals surface area (Å²) >= 11 is 0. The molecule has 4 nitrogen and oxygen atoms in total. The van der Waals surface area contributed by atoms with Crippen LogP contribution in [0.1, 0.15) is 15.9 Å². The molecule has 0 aliphatic carbocycles. The van der Waals surface area contributed by atoms with Crippen LogP contribution in [0, 0.1) is 12.7 Å². The third kappa shape index (κ3) is 2.89. The van der Waals surface area contributed by atoms with E-state index in [-0.39, 0.29) is 11.7 Å². The number of benzene rings is 2. The van der Waals surface area contributed by atoms with Crippen molar-refractivity contribution in [2.75, 3.05) is 10.7 Å². The minimum absolute atomic E-state index is 0.294. The van der Waals surface area contributed by atoms with E-state index < -0.39 is 0 Å². The number of amides is 1. The lowest BCUT2D eigenvalue weighted by Gasteiger charge is -2.09. The molecular weight excluding hydrogens is 245 g/mol. The van der Waals surface area contributed by atoms with E-state index in [9.17, 15) is 9.18 Å². The molecule has 0 heterocycles. The number of hydrogen-bond donors (Lipinski definition) is 3. The van der Waals surface area contributed by atoms with E-state index in [1.54, 1.807) is 43.3 Å². The maximum absolute atomic E-state index is 13.4. The zero-order valence-electron chi connectivity index (χ0n) is 10.4. The molecule has 0 fully saturated rings. The Morgan fingerprint density at radius 2 is 1.84 bits per heavy atom. The van der Waals surface area contributed by atoms with Gasteiger partial charge in [0.2, 0.25) is 0 Å². The summed E-state index contributed by atoms with van der Waals surface area (Å²) in [5, 5.41) is 2.67. The molecule has 0 aliphatic heterocycles. The average Bonchev–Trinajstić information content (AvgIpc) is 2.44. The number of halogens is 1. The average molecular weight is 259 g/mol. The smallest absolute Gasteiger partial charge is 0.255 e. The van der Waals surface area contributed by atoms with Crippen LogP contribution in [-0.2, 0) is 0 Å². The van der Waals surface area contributed by atoms with Crippen LogP contribution in [-0.4, -0.2) is 5.91 Å². The van der Waals surface area contributed by atoms with Crippen molar-refractivity contribution in [3.63, 3.8) is 0 Å². The first-order valence-electron chi connectivity index (χ1n) is 5.75. The van der Waals surface area contributed by atoms with Crippen LogP contribution in [0.5, 0.6) is 0 Å². The second-order valence-corrected chi connectivity index (χ2v) is 4.09. The Kier molecular flexibility index (Phi) is 3.77. The fraction of sp³-hybridized carbons (Fsp3) is 0.0714. The number of nitrogen functional groups attached to an aromatic ring is 1. The number of carbonyl (C=O) groups is 1. The molecule has 0 bridgehead atoms. The van der Waals surface area contributed by atoms with Crippen molar-refractivity contribution in [3.05, 3.63) is 59.4 Å². The van der Waals surface area contributed by atoms with Crippen LogP contribution < -0.4 is 16.6 Å². The number of nitrogens with one attached hydrogen (secondary N) is 2. The first-order chi connectivity index (χ1) is 9.11. The number of carbonyl (C=O) groups excluding carboxylic acids is 1. The Bertz CT molecular complexity index is 596. The molecule has 0 radical (unpaired) electrons. The van der Waals surface area contributed by atoms with E-state index in [0.717, 1.165) is 0 Å². The van der Waals surface area contributed by atoms with Crippen molar-refractivity contribution in [3.8, 4) is 0 Å². The Morgan fingerprint density at radius 3 is 2.47 bits per heavy atom. The quantitative estimate of drug-likeness (QED) is 0.586. The lowest BCUT2D eigenvalue weighted by atomic mass is 10.1. The van der Waals surface area contributed by atoms with Crippen LogP contribution in [0.4, 0.5) is 15.8 Å². The molecule has 5 heteroatoms. The number of hydrogen-bond acceptors (Lipinski definition) is 3. The molecule has 0 atom stereocenters. The standard InChI is InChI=1S/C14H14FN3O/c1-9-12(15)3-2-4-13(9)17-14(19)10-5-7-11(18-16)8-6-10/h2-8,18H,16H2,1H3,(H,17,19). The molecule has 0 aromatic heterocycles. The van der Waals surface area contributed by atoms with Crippen molar-refractivity contribution in [1.29, 1.82) is 0 Å². The maximum atomic E-state index is 13.4. The maximum Gasteiger partial charge on any atom is 0.255 e. The summed E-state index contributed by atoms with van der Waals surface area (Å²) in [4.78, 5) is 12.0. The Morgan fingerprint density at radius 1 is 1.16 bits per heavy atom. The summed E-state index contributed by atoms with van der Waals surface area (Å²) in [5.41, 5.74) is 4.54. The van der Waals surface area contributed by atoms with E-state index in [2.05, 4.69) is 10.7 Å². The zero-order valence-corrected chi connectivity index (χ0v) is 10.4. The van der Waals surface area contributed by atoms with E-state index in [1.165, 1.54) is 6.07 Å². The third-order valence-corrected chi connectivity index (χ3v) is 2.83. The van der Waals surface area contributed by atoms with Gasteiger partial charge in [-0.05, 0) is 43.3 Å². The molecule has 1 amide bonds. The summed E-state index contributed by atoms with van der Waals surface area (Å²) in [7, 11) is 0. The van der Waals surface area contributed by atoms with Crippen molar-refractivity contribution in [2.45, 2.75) is 6.92 Å². The second kappa shape index (κ2) is 5.49. The summed E-state index contributed by atoms with van der Waals surface area (Å²) in [6, 6.07) is 11.2. The Hall–Kier alpha value is -2.40. The van der Waals surface area contributed by atoms with Gasteiger partial charge in [-0.25, -0.2) is 4.39 Å². The summed E-state index contributed by atoms with van der Waals surface area (Å²) in [5.74, 6) is 4.60. The van der Waals surface area contributed by atoms with Gasteiger partial charge in [0.05, 0.1) is 0 Å². The summed E-state index contributed by atoms with van der Waals surface area (Å²) in [6.45, 7) is 1.62. The number of hydrazine groups is 1. The predicted octanol–water partition coefficient (Wildman–Crippen LogP) is 2.67. The fourth-order valence-electron chi connectivity index (χ4n) is 1.66. The first-order valence-corrected chi connectivity index (χ1v) is 5.75. The van der Waals surface area contributed by atoms with Gasteiger partial charge in [-0.3, -0.25) is 10.6 Å². The van der Waals surface area contributed by atoms with E-state index >= 15 is 0 Å². The minimum atomic E-state index is -0.347. The van der Waals surface area contributed by atoms with Gasteiger partial charge in [-0.15, -0.1) is 0 Å². The van der Waals surface area contributed by atoms with Crippen molar-refractivity contribution in [1.82, 2.24) is 0 Å². The van der Waals surface area contributed by atoms with Crippen LogP contribution in [0.15, 0.2) is 42.5 Å². The molecule has 0 aliphatic rings. The van der Waals surface area contributed by atoms with Gasteiger partial charge in [0.1, 0.15) is 5.82 Å². The second-order valence-electron chi connectivity index (χ2n) is 4.09. The summed E-state index contributed by atoms with van der Waals surface area (Å²) < 4.78 is 13.4. The van der Waals surface area contributed by atoms with Crippen LogP contribution in [0.2, 0.25) is 0 Å². The number of rotatable bonds is 3. The molecule has 98 valence electrons. The molecule has 19 heavy (non-hydrogen) atoms. The van der Waals surface area contributed by atoms with Crippen LogP contribution in [0.3, 0.4) is 0 Å². The molecule has 2 aromatic carbocycles. The lowest BCUT2D eigenvalue weighted by molar-refractivity contribution is 0.102. The molecule has 0 saturated heterocycles. The highest BCUT2D eigenvalue weighted by Gasteiger charge is 2.09. The minimum Gasteiger partial charge on any atom is -0.324 e. The van der Waals surface area contributed by atoms with Gasteiger partial charge in [0.25, 0.3) is 5.91 Å². The topological polar surface area (TPSA) is 67.2 Å². The van der Waals surface area contributed by atoms with Crippen molar-refractivity contribution < 1.29 is 9.18 Å². The molecule has 2 aromatic rings. The Balaban J connectivity index is 2.18. The van der Waals surface area contributed by atoms with E-state index in [0.29, 0.717) is 22.5 Å². The van der Waals surface area contributed by atoms with Crippen molar-refractivity contribution in [2.24, 2.45) is 5.84 Å². The highest BCUT2D eigenvalue weighted by Crippen LogP contribution is 2.18. The largest absolute Gasteiger partial charge is 0.324 e. The fourth-order valence-corrected chi connectivity index (χ4v) is 1.66. The molecule has 0 spiro atoms. The van der Waals surface area contributed by atoms with Gasteiger partial charge >= 0.3 is 0 Å². The normalized spacial score (nSPS) is 10.1. The van der Waals surface area contributed by atoms with Crippen molar-refractivity contribution >= 4 is 17.3 Å². The summed E-state index contributed by atoms with van der Waals surface area (Å²) in [6.07, 6.45) is 0. The van der Waals surface area contributed by atoms with Gasteiger partial charge in [-0.1, -0.05) is 6.07 Å². The highest BCUT2D eigenvalue weighted by atomic mass is 19.1. The van der Waals surface area contributed by atoms with Gasteiger partial charge in [0, 0.05) is 22.5 Å². The highest BCUT2D eigenvalue weighted by molar-refractivity contribution is 6.04. The van der Waals surface area contributed by atoms with Crippen LogP contribution in [0.25, 0.3) is 0 Å². The molecule has 4 N–H and O–H groups in total. The molecule has 0 saturated carbocycles. The third-order valence-electron chi connectivity index (χ3n) is 2.83. The SMILES string of the molecule is Cc1c(F)cccc1NC(=O)c1ccc(NN)cc1. The predicted molar refractivity (Wildman–Crippen MR) is 73.3 cm³/mol. The van der Waals surface area contributed by atoms with E-state index in [4.69, 9.17) is 5.84 Å². The molecule has 0 unspecified atom stereocenters. The number of anilines is 2. The van der Waals surface area contributed by atoms with Gasteiger partial charge in [-0.2, -0.15) is 0 Å². The molecular formula is C14H14FN3O. The zero-order chi connectivity index (χ0) is 13.8. The molecule has 2 rings (SSSR count). The first kappa shape index (κ1) is 13.0. The van der Waals surface area contributed by atoms with Gasteiger partial charge in [0.15, 0.2) is 0 Å². The Labute approximate surface area is 110 Å². The van der Waals surface area contributed by atoms with Gasteiger partial charge < -0.3 is 10.7 Å². The number of nitrogens with two attached hydrogens (primary N) is 1. The lowest BCUT2D eigenvalue weighted by Crippen LogP contribution is -2.13. The van der Waals surface area contributed by atoms with E-state index in [1.807, 2.05) is 0 Å². The van der Waals surface area contributed by atoms with Crippen LogP contribution >= 0.6 is 0 Å². The monoisotopic (exact) mass is 259 g/mol.